The van der Waals surface area contributed by atoms with Crippen LogP contribution in [-0.4, -0.2) is 52.1 Å². The molecule has 32 heavy (non-hydrogen) atoms. The first kappa shape index (κ1) is 21.8. The van der Waals surface area contributed by atoms with Gasteiger partial charge in [0.1, 0.15) is 24.8 Å². The summed E-state index contributed by atoms with van der Waals surface area (Å²) in [5, 5.41) is 10.7. The molecule has 1 aliphatic heterocycles. The average Bonchev–Trinajstić information content (AvgIpc) is 3.21. The molecule has 3 heterocycles. The highest BCUT2D eigenvalue weighted by Crippen LogP contribution is 2.29. The Bertz CT molecular complexity index is 1090. The molecule has 0 bridgehead atoms. The number of benzene rings is 1. The summed E-state index contributed by atoms with van der Waals surface area (Å²) in [5.41, 5.74) is 1.10. The van der Waals surface area contributed by atoms with E-state index in [2.05, 4.69) is 15.3 Å². The lowest BCUT2D eigenvalue weighted by molar-refractivity contribution is -0.150. The van der Waals surface area contributed by atoms with Crippen LogP contribution in [0.3, 0.4) is 0 Å². The molecule has 2 aromatic heterocycles. The molecular weight excluding hydrogens is 427 g/mol. The Hall–Kier alpha value is -3.37. The third kappa shape index (κ3) is 4.92. The van der Waals surface area contributed by atoms with Crippen LogP contribution >= 0.6 is 0 Å². The second-order valence-electron chi connectivity index (χ2n) is 7.58. The fourth-order valence-electron chi connectivity index (χ4n) is 3.59. The molecular formula is C21H22F3N5O3. The van der Waals surface area contributed by atoms with Gasteiger partial charge in [0.15, 0.2) is 5.65 Å². The van der Waals surface area contributed by atoms with Gasteiger partial charge in [-0.3, -0.25) is 4.79 Å². The zero-order chi connectivity index (χ0) is 22.7. The highest BCUT2D eigenvalue weighted by Gasteiger charge is 2.38. The first-order chi connectivity index (χ1) is 15.3. The zero-order valence-corrected chi connectivity index (χ0v) is 17.4. The molecule has 0 unspecified atom stereocenters. The predicted octanol–water partition coefficient (Wildman–Crippen LogP) is 3.29. The summed E-state index contributed by atoms with van der Waals surface area (Å²) in [4.78, 5) is 14.2. The predicted molar refractivity (Wildman–Crippen MR) is 108 cm³/mol. The number of anilines is 1. The average molecular weight is 449 g/mol. The molecule has 3 aromatic rings. The van der Waals surface area contributed by atoms with Crippen molar-refractivity contribution in [3.05, 3.63) is 47.8 Å². The van der Waals surface area contributed by atoms with Crippen LogP contribution in [0, 0.1) is 12.8 Å². The van der Waals surface area contributed by atoms with Crippen molar-refractivity contribution in [2.24, 2.45) is 5.92 Å². The maximum Gasteiger partial charge on any atom is 0.453 e. The minimum atomic E-state index is -4.65. The number of esters is 1. The minimum absolute atomic E-state index is 0.0208. The largest absolute Gasteiger partial charge is 0.490 e. The number of carbonyl (C=O) groups is 1. The summed E-state index contributed by atoms with van der Waals surface area (Å²) in [6.07, 6.45) is -3.61. The smallest absolute Gasteiger partial charge is 0.453 e. The van der Waals surface area contributed by atoms with E-state index in [-0.39, 0.29) is 30.7 Å². The molecule has 0 atom stereocenters. The Kier molecular flexibility index (Phi) is 6.15. The summed E-state index contributed by atoms with van der Waals surface area (Å²) >= 11 is 0. The SMILES string of the molecule is Cc1cccc(OCCOC(=O)C2CCN(c3ccc4nnc(C(F)(F)F)n4n3)CC2)c1. The van der Waals surface area contributed by atoms with Gasteiger partial charge >= 0.3 is 12.1 Å². The molecule has 11 heteroatoms. The second-order valence-corrected chi connectivity index (χ2v) is 7.58. The van der Waals surface area contributed by atoms with Crippen molar-refractivity contribution < 1.29 is 27.4 Å². The number of ether oxygens (including phenoxy) is 2. The summed E-state index contributed by atoms with van der Waals surface area (Å²) in [5.74, 6) is -0.629. The van der Waals surface area contributed by atoms with Gasteiger partial charge in [-0.15, -0.1) is 15.3 Å². The van der Waals surface area contributed by atoms with Crippen LogP contribution in [0.1, 0.15) is 24.2 Å². The number of rotatable bonds is 6. The Morgan fingerprint density at radius 3 is 2.62 bits per heavy atom. The van der Waals surface area contributed by atoms with Crippen LogP contribution in [0.4, 0.5) is 19.0 Å². The van der Waals surface area contributed by atoms with Crippen LogP contribution < -0.4 is 9.64 Å². The van der Waals surface area contributed by atoms with Gasteiger partial charge in [-0.05, 0) is 49.6 Å². The van der Waals surface area contributed by atoms with Crippen molar-refractivity contribution >= 4 is 17.4 Å². The fourth-order valence-corrected chi connectivity index (χ4v) is 3.59. The van der Waals surface area contributed by atoms with Crippen molar-refractivity contribution in [3.8, 4) is 5.75 Å². The van der Waals surface area contributed by atoms with E-state index in [1.807, 2.05) is 36.1 Å². The number of carbonyl (C=O) groups excluding carboxylic acids is 1. The van der Waals surface area contributed by atoms with Crippen LogP contribution in [0.15, 0.2) is 36.4 Å². The molecule has 0 radical (unpaired) electrons. The molecule has 1 aromatic carbocycles. The van der Waals surface area contributed by atoms with Crippen molar-refractivity contribution in [2.45, 2.75) is 25.9 Å². The van der Waals surface area contributed by atoms with Crippen molar-refractivity contribution in [2.75, 3.05) is 31.2 Å². The van der Waals surface area contributed by atoms with Gasteiger partial charge in [-0.2, -0.15) is 17.7 Å². The first-order valence-electron chi connectivity index (χ1n) is 10.2. The van der Waals surface area contributed by atoms with E-state index in [1.54, 1.807) is 6.07 Å². The summed E-state index contributed by atoms with van der Waals surface area (Å²) < 4.78 is 50.8. The summed E-state index contributed by atoms with van der Waals surface area (Å²) in [7, 11) is 0. The zero-order valence-electron chi connectivity index (χ0n) is 17.4. The Morgan fingerprint density at radius 1 is 1.12 bits per heavy atom. The number of aryl methyl sites for hydroxylation is 1. The Labute approximate surface area is 181 Å². The van der Waals surface area contributed by atoms with Crippen LogP contribution in [0.5, 0.6) is 5.75 Å². The molecule has 0 aliphatic carbocycles. The van der Waals surface area contributed by atoms with E-state index in [1.165, 1.54) is 6.07 Å². The van der Waals surface area contributed by atoms with Gasteiger partial charge in [0.25, 0.3) is 5.82 Å². The first-order valence-corrected chi connectivity index (χ1v) is 10.2. The number of piperidine rings is 1. The van der Waals surface area contributed by atoms with E-state index < -0.39 is 12.0 Å². The van der Waals surface area contributed by atoms with Gasteiger partial charge in [-0.1, -0.05) is 12.1 Å². The Morgan fingerprint density at radius 2 is 1.91 bits per heavy atom. The molecule has 1 fully saturated rings. The molecule has 0 N–H and O–H groups in total. The number of nitrogens with zero attached hydrogens (tertiary/aromatic N) is 5. The minimum Gasteiger partial charge on any atom is -0.490 e. The van der Waals surface area contributed by atoms with Crippen molar-refractivity contribution in [1.29, 1.82) is 0 Å². The molecule has 4 rings (SSSR count). The third-order valence-corrected chi connectivity index (χ3v) is 5.24. The van der Waals surface area contributed by atoms with E-state index in [0.717, 1.165) is 11.3 Å². The fraction of sp³-hybridized carbons (Fsp3) is 0.429. The molecule has 1 aliphatic rings. The molecule has 170 valence electrons. The summed E-state index contributed by atoms with van der Waals surface area (Å²) in [6.45, 7) is 3.33. The third-order valence-electron chi connectivity index (χ3n) is 5.24. The topological polar surface area (TPSA) is 81.9 Å². The van der Waals surface area contributed by atoms with Crippen LogP contribution in [0.2, 0.25) is 0 Å². The van der Waals surface area contributed by atoms with Crippen LogP contribution in [0.25, 0.3) is 5.65 Å². The second kappa shape index (κ2) is 9.01. The molecule has 0 saturated carbocycles. The van der Waals surface area contributed by atoms with Gasteiger partial charge in [-0.25, -0.2) is 0 Å². The highest BCUT2D eigenvalue weighted by molar-refractivity contribution is 5.72. The van der Waals surface area contributed by atoms with E-state index in [0.29, 0.717) is 36.3 Å². The van der Waals surface area contributed by atoms with E-state index >= 15 is 0 Å². The number of fused-ring (bicyclic) bond motifs is 1. The van der Waals surface area contributed by atoms with Crippen LogP contribution in [-0.2, 0) is 15.7 Å². The normalized spacial score (nSPS) is 15.2. The monoisotopic (exact) mass is 449 g/mol. The van der Waals surface area contributed by atoms with Gasteiger partial charge in [0.05, 0.1) is 5.92 Å². The number of aromatic nitrogens is 4. The molecule has 0 spiro atoms. The number of hydrogen-bond acceptors (Lipinski definition) is 7. The number of alkyl halides is 3. The highest BCUT2D eigenvalue weighted by atomic mass is 19.4. The van der Waals surface area contributed by atoms with Gasteiger partial charge in [0, 0.05) is 13.1 Å². The van der Waals surface area contributed by atoms with Crippen molar-refractivity contribution in [1.82, 2.24) is 19.8 Å². The number of hydrogen-bond donors (Lipinski definition) is 0. The van der Waals surface area contributed by atoms with E-state index in [9.17, 15) is 18.0 Å². The number of halogens is 3. The standard InChI is InChI=1S/C21H22F3N5O3/c1-14-3-2-4-16(13-14)31-11-12-32-19(30)15-7-9-28(10-8-15)18-6-5-17-25-26-20(21(22,23)24)29(17)27-18/h2-6,13,15H,7-12H2,1H3. The lowest BCUT2D eigenvalue weighted by Crippen LogP contribution is -2.38. The maximum absolute atomic E-state index is 13.1. The Balaban J connectivity index is 1.28. The molecule has 8 nitrogen and oxygen atoms in total. The maximum atomic E-state index is 13.1. The molecule has 1 saturated heterocycles. The lowest BCUT2D eigenvalue weighted by Gasteiger charge is -2.31. The van der Waals surface area contributed by atoms with E-state index in [4.69, 9.17) is 9.47 Å². The van der Waals surface area contributed by atoms with Gasteiger partial charge in [0.2, 0.25) is 0 Å². The quantitative estimate of drug-likeness (QED) is 0.422. The molecule has 0 amide bonds. The lowest BCUT2D eigenvalue weighted by atomic mass is 9.97. The van der Waals surface area contributed by atoms with Crippen molar-refractivity contribution in [3.63, 3.8) is 0 Å². The van der Waals surface area contributed by atoms with Gasteiger partial charge < -0.3 is 14.4 Å². The summed E-state index contributed by atoms with van der Waals surface area (Å²) in [6, 6.07) is 10.6.